The van der Waals surface area contributed by atoms with Crippen molar-refractivity contribution in [2.24, 2.45) is 0 Å². The van der Waals surface area contributed by atoms with Crippen LogP contribution in [0.1, 0.15) is 22.9 Å². The van der Waals surface area contributed by atoms with E-state index in [9.17, 15) is 9.59 Å². The summed E-state index contributed by atoms with van der Waals surface area (Å²) in [4.78, 5) is 33.6. The van der Waals surface area contributed by atoms with Crippen molar-refractivity contribution in [3.05, 3.63) is 89.5 Å². The molecule has 2 unspecified atom stereocenters. The van der Waals surface area contributed by atoms with Crippen LogP contribution in [0.4, 0.5) is 0 Å². The van der Waals surface area contributed by atoms with Crippen molar-refractivity contribution in [1.29, 1.82) is 0 Å². The van der Waals surface area contributed by atoms with Gasteiger partial charge in [-0.05, 0) is 23.3 Å². The predicted molar refractivity (Wildman–Crippen MR) is 125 cm³/mol. The number of likely N-dealkylation sites (N-methyl/N-ethyl adjacent to an activating group) is 1. The molecule has 2 aromatic carbocycles. The van der Waals surface area contributed by atoms with Gasteiger partial charge < -0.3 is 24.3 Å². The number of amides is 2. The van der Waals surface area contributed by atoms with E-state index in [1.54, 1.807) is 25.1 Å². The van der Waals surface area contributed by atoms with E-state index >= 15 is 0 Å². The SMILES string of the molecule is CN(C)C(=O)C1Cc2c([nH]c3ccccc23)C(C2=COCO2)N1C(=O)C=Cc1ccccc1. The molecule has 0 aliphatic carbocycles. The number of carbonyl (C=O) groups is 2. The number of rotatable bonds is 4. The first-order valence-electron chi connectivity index (χ1n) is 10.8. The summed E-state index contributed by atoms with van der Waals surface area (Å²) in [5.41, 5.74) is 3.72. The number of para-hydroxylation sites is 1. The Morgan fingerprint density at radius 3 is 2.58 bits per heavy atom. The molecule has 2 aliphatic heterocycles. The Bertz CT molecular complexity index is 1260. The summed E-state index contributed by atoms with van der Waals surface area (Å²) in [6, 6.07) is 16.3. The maximum atomic E-state index is 13.6. The highest BCUT2D eigenvalue weighted by Gasteiger charge is 2.45. The first-order valence-corrected chi connectivity index (χ1v) is 10.8. The minimum Gasteiger partial charge on any atom is -0.462 e. The van der Waals surface area contributed by atoms with Crippen LogP contribution in [0.3, 0.4) is 0 Å². The molecule has 1 N–H and O–H groups in total. The van der Waals surface area contributed by atoms with Gasteiger partial charge in [0, 0.05) is 37.5 Å². The van der Waals surface area contributed by atoms with Gasteiger partial charge in [-0.15, -0.1) is 0 Å². The molecular weight excluding hydrogens is 418 g/mol. The molecule has 3 heterocycles. The molecule has 0 spiro atoms. The number of fused-ring (bicyclic) bond motifs is 3. The number of aromatic amines is 1. The smallest absolute Gasteiger partial charge is 0.248 e. The van der Waals surface area contributed by atoms with Crippen LogP contribution < -0.4 is 0 Å². The van der Waals surface area contributed by atoms with Crippen LogP contribution in [-0.2, 0) is 25.5 Å². The van der Waals surface area contributed by atoms with E-state index in [0.29, 0.717) is 12.2 Å². The third kappa shape index (κ3) is 3.75. The zero-order chi connectivity index (χ0) is 22.9. The van der Waals surface area contributed by atoms with E-state index in [1.165, 1.54) is 17.2 Å². The van der Waals surface area contributed by atoms with Crippen molar-refractivity contribution in [3.63, 3.8) is 0 Å². The molecule has 168 valence electrons. The van der Waals surface area contributed by atoms with Gasteiger partial charge in [-0.2, -0.15) is 0 Å². The Morgan fingerprint density at radius 2 is 1.85 bits per heavy atom. The molecule has 3 aromatic rings. The fourth-order valence-corrected chi connectivity index (χ4v) is 4.56. The zero-order valence-electron chi connectivity index (χ0n) is 18.5. The third-order valence-corrected chi connectivity index (χ3v) is 6.09. The largest absolute Gasteiger partial charge is 0.462 e. The first-order chi connectivity index (χ1) is 16.0. The Kier molecular flexibility index (Phi) is 5.38. The summed E-state index contributed by atoms with van der Waals surface area (Å²) < 4.78 is 11.1. The number of carbonyl (C=O) groups excluding carboxylic acids is 2. The van der Waals surface area contributed by atoms with Crippen LogP contribution in [0, 0.1) is 0 Å². The Labute approximate surface area is 191 Å². The van der Waals surface area contributed by atoms with Gasteiger partial charge in [0.15, 0.2) is 5.76 Å². The maximum Gasteiger partial charge on any atom is 0.248 e. The third-order valence-electron chi connectivity index (χ3n) is 6.09. The Morgan fingerprint density at radius 1 is 1.09 bits per heavy atom. The number of benzene rings is 2. The molecule has 2 aliphatic rings. The van der Waals surface area contributed by atoms with Crippen LogP contribution in [0.5, 0.6) is 0 Å². The minimum absolute atomic E-state index is 0.0789. The monoisotopic (exact) mass is 443 g/mol. The van der Waals surface area contributed by atoms with E-state index in [4.69, 9.17) is 9.47 Å². The van der Waals surface area contributed by atoms with Crippen LogP contribution in [-0.4, -0.2) is 53.5 Å². The molecule has 0 radical (unpaired) electrons. The van der Waals surface area contributed by atoms with Gasteiger partial charge in [-0.25, -0.2) is 0 Å². The summed E-state index contributed by atoms with van der Waals surface area (Å²) in [6.45, 7) is 0.0789. The molecule has 5 rings (SSSR count). The van der Waals surface area contributed by atoms with Gasteiger partial charge in [0.1, 0.15) is 18.3 Å². The number of hydrogen-bond donors (Lipinski definition) is 1. The van der Waals surface area contributed by atoms with E-state index in [0.717, 1.165) is 27.7 Å². The van der Waals surface area contributed by atoms with Gasteiger partial charge in [-0.1, -0.05) is 48.5 Å². The molecule has 2 atom stereocenters. The Hall–Kier alpha value is -4.00. The number of hydrogen-bond acceptors (Lipinski definition) is 4. The maximum absolute atomic E-state index is 13.6. The molecular formula is C26H25N3O4. The number of H-pyrrole nitrogens is 1. The lowest BCUT2D eigenvalue weighted by atomic mass is 9.89. The zero-order valence-corrected chi connectivity index (χ0v) is 18.5. The highest BCUT2D eigenvalue weighted by atomic mass is 16.7. The summed E-state index contributed by atoms with van der Waals surface area (Å²) in [6.07, 6.45) is 5.22. The van der Waals surface area contributed by atoms with Crippen LogP contribution in [0.2, 0.25) is 0 Å². The molecule has 0 fully saturated rings. The number of aromatic nitrogens is 1. The van der Waals surface area contributed by atoms with Crippen LogP contribution in [0.15, 0.2) is 72.7 Å². The number of nitrogens with zero attached hydrogens (tertiary/aromatic N) is 2. The van der Waals surface area contributed by atoms with Crippen molar-refractivity contribution in [3.8, 4) is 0 Å². The van der Waals surface area contributed by atoms with Gasteiger partial charge in [0.25, 0.3) is 0 Å². The van der Waals surface area contributed by atoms with Crippen molar-refractivity contribution in [2.45, 2.75) is 18.5 Å². The summed E-state index contributed by atoms with van der Waals surface area (Å²) in [5.74, 6) is 0.0854. The van der Waals surface area contributed by atoms with Gasteiger partial charge in [0.05, 0.1) is 5.69 Å². The minimum atomic E-state index is -0.685. The second-order valence-corrected chi connectivity index (χ2v) is 8.36. The highest BCUT2D eigenvalue weighted by Crippen LogP contribution is 2.42. The molecule has 7 nitrogen and oxygen atoms in total. The van der Waals surface area contributed by atoms with Crippen LogP contribution in [0.25, 0.3) is 17.0 Å². The molecule has 0 saturated carbocycles. The van der Waals surface area contributed by atoms with E-state index in [-0.39, 0.29) is 18.6 Å². The summed E-state index contributed by atoms with van der Waals surface area (Å²) >= 11 is 0. The van der Waals surface area contributed by atoms with Crippen molar-refractivity contribution in [2.75, 3.05) is 20.9 Å². The normalized spacial score (nSPS) is 19.7. The quantitative estimate of drug-likeness (QED) is 0.625. The second kappa shape index (κ2) is 8.50. The van der Waals surface area contributed by atoms with Crippen molar-refractivity contribution in [1.82, 2.24) is 14.8 Å². The molecule has 1 aromatic heterocycles. The first kappa shape index (κ1) is 20.9. The molecule has 0 bridgehead atoms. The summed E-state index contributed by atoms with van der Waals surface area (Å²) in [5, 5.41) is 1.04. The van der Waals surface area contributed by atoms with E-state index in [1.807, 2.05) is 54.6 Å². The van der Waals surface area contributed by atoms with Crippen LogP contribution >= 0.6 is 0 Å². The average Bonchev–Trinajstić information content (AvgIpc) is 3.49. The Balaban J connectivity index is 1.64. The second-order valence-electron chi connectivity index (χ2n) is 8.36. The molecule has 0 saturated heterocycles. The number of nitrogens with one attached hydrogen (secondary N) is 1. The van der Waals surface area contributed by atoms with E-state index in [2.05, 4.69) is 4.98 Å². The van der Waals surface area contributed by atoms with Gasteiger partial charge >= 0.3 is 0 Å². The van der Waals surface area contributed by atoms with E-state index < -0.39 is 12.1 Å². The highest BCUT2D eigenvalue weighted by molar-refractivity contribution is 5.97. The number of ether oxygens (including phenoxy) is 2. The van der Waals surface area contributed by atoms with Gasteiger partial charge in [-0.3, -0.25) is 9.59 Å². The van der Waals surface area contributed by atoms with Crippen molar-refractivity contribution >= 4 is 28.8 Å². The lowest BCUT2D eigenvalue weighted by Crippen LogP contribution is -2.54. The molecule has 2 amide bonds. The fourth-order valence-electron chi connectivity index (χ4n) is 4.56. The summed E-state index contributed by atoms with van der Waals surface area (Å²) in [7, 11) is 3.41. The predicted octanol–water partition coefficient (Wildman–Crippen LogP) is 3.61. The van der Waals surface area contributed by atoms with Gasteiger partial charge in [0.2, 0.25) is 18.6 Å². The molecule has 33 heavy (non-hydrogen) atoms. The van der Waals surface area contributed by atoms with Crippen molar-refractivity contribution < 1.29 is 19.1 Å². The average molecular weight is 444 g/mol. The topological polar surface area (TPSA) is 74.9 Å². The lowest BCUT2D eigenvalue weighted by Gasteiger charge is -2.41. The lowest BCUT2D eigenvalue weighted by molar-refractivity contribution is -0.145. The standard InChI is InChI=1S/C26H25N3O4/c1-28(2)26(31)21-14-19-18-10-6-7-11-20(18)27-24(19)25(22-15-32-16-33-22)29(21)23(30)13-12-17-8-4-3-5-9-17/h3-13,15,21,25,27H,14,16H2,1-2H3. The fraction of sp³-hybridized carbons (Fsp3) is 0.231. The molecule has 7 heteroatoms.